The van der Waals surface area contributed by atoms with Crippen molar-refractivity contribution in [1.82, 2.24) is 0 Å². The van der Waals surface area contributed by atoms with E-state index in [4.69, 9.17) is 5.73 Å². The van der Waals surface area contributed by atoms with E-state index in [9.17, 15) is 9.18 Å². The molecule has 0 saturated carbocycles. The highest BCUT2D eigenvalue weighted by atomic mass is 79.9. The lowest BCUT2D eigenvalue weighted by molar-refractivity contribution is -0.117. The topological polar surface area (TPSA) is 46.3 Å². The lowest BCUT2D eigenvalue weighted by Gasteiger charge is -2.16. The first-order chi connectivity index (χ1) is 7.61. The van der Waals surface area contributed by atoms with Crippen molar-refractivity contribution in [3.05, 3.63) is 28.5 Å². The summed E-state index contributed by atoms with van der Waals surface area (Å²) in [5.74, 6) is -0.169. The quantitative estimate of drug-likeness (QED) is 0.903. The lowest BCUT2D eigenvalue weighted by Crippen LogP contribution is -2.25. The fourth-order valence-electron chi connectivity index (χ4n) is 1.84. The highest BCUT2D eigenvalue weighted by molar-refractivity contribution is 9.10. The van der Waals surface area contributed by atoms with Crippen molar-refractivity contribution in [3.63, 3.8) is 0 Å². The van der Waals surface area contributed by atoms with Crippen molar-refractivity contribution in [3.8, 4) is 0 Å². The molecule has 0 aromatic heterocycles. The molecule has 1 amide bonds. The molecular weight excluding hydrogens is 275 g/mol. The summed E-state index contributed by atoms with van der Waals surface area (Å²) >= 11 is 3.08. The number of hydrogen-bond donors (Lipinski definition) is 1. The minimum absolute atomic E-state index is 0.0113. The van der Waals surface area contributed by atoms with Crippen LogP contribution in [0.3, 0.4) is 0 Å². The molecule has 2 rings (SSSR count). The highest BCUT2D eigenvalue weighted by Crippen LogP contribution is 2.27. The molecule has 0 spiro atoms. The van der Waals surface area contributed by atoms with Crippen molar-refractivity contribution >= 4 is 27.5 Å². The Bertz CT molecular complexity index is 424. The van der Waals surface area contributed by atoms with Gasteiger partial charge in [0.15, 0.2) is 0 Å². The van der Waals surface area contributed by atoms with Crippen LogP contribution in [0.4, 0.5) is 10.1 Å². The first-order valence-corrected chi connectivity index (χ1v) is 5.86. The molecule has 0 bridgehead atoms. The first-order valence-electron chi connectivity index (χ1n) is 5.07. The molecule has 1 aromatic carbocycles. The van der Waals surface area contributed by atoms with Crippen molar-refractivity contribution in [1.29, 1.82) is 0 Å². The van der Waals surface area contributed by atoms with Gasteiger partial charge in [0.1, 0.15) is 5.82 Å². The summed E-state index contributed by atoms with van der Waals surface area (Å²) in [4.78, 5) is 13.3. The van der Waals surface area contributed by atoms with E-state index in [0.717, 1.165) is 0 Å². The van der Waals surface area contributed by atoms with Crippen LogP contribution in [0.2, 0.25) is 0 Å². The van der Waals surface area contributed by atoms with Gasteiger partial charge >= 0.3 is 0 Å². The van der Waals surface area contributed by atoms with E-state index in [0.29, 0.717) is 29.7 Å². The van der Waals surface area contributed by atoms with Crippen LogP contribution in [0.1, 0.15) is 6.42 Å². The monoisotopic (exact) mass is 286 g/mol. The van der Waals surface area contributed by atoms with Crippen LogP contribution in [-0.2, 0) is 4.79 Å². The van der Waals surface area contributed by atoms with Gasteiger partial charge in [-0.1, -0.05) is 0 Å². The van der Waals surface area contributed by atoms with Crippen LogP contribution in [0, 0.1) is 11.7 Å². The molecule has 1 aromatic rings. The van der Waals surface area contributed by atoms with Gasteiger partial charge in [0.25, 0.3) is 0 Å². The third kappa shape index (κ3) is 2.10. The number of hydrogen-bond acceptors (Lipinski definition) is 2. The van der Waals surface area contributed by atoms with Gasteiger partial charge < -0.3 is 10.6 Å². The van der Waals surface area contributed by atoms with Gasteiger partial charge in [0.05, 0.1) is 4.47 Å². The van der Waals surface area contributed by atoms with Crippen molar-refractivity contribution < 1.29 is 9.18 Å². The van der Waals surface area contributed by atoms with Crippen LogP contribution >= 0.6 is 15.9 Å². The van der Waals surface area contributed by atoms with E-state index >= 15 is 0 Å². The number of amides is 1. The lowest BCUT2D eigenvalue weighted by atomic mass is 10.1. The third-order valence-electron chi connectivity index (χ3n) is 2.75. The maximum atomic E-state index is 13.3. The number of anilines is 1. The molecule has 2 N–H and O–H groups in total. The van der Waals surface area contributed by atoms with E-state index in [1.165, 1.54) is 6.07 Å². The predicted molar refractivity (Wildman–Crippen MR) is 63.6 cm³/mol. The summed E-state index contributed by atoms with van der Waals surface area (Å²) < 4.78 is 13.7. The van der Waals surface area contributed by atoms with Crippen molar-refractivity contribution in [2.24, 2.45) is 11.7 Å². The highest BCUT2D eigenvalue weighted by Gasteiger charge is 2.29. The second kappa shape index (κ2) is 4.51. The average molecular weight is 287 g/mol. The molecule has 1 fully saturated rings. The molecule has 0 radical (unpaired) electrons. The van der Waals surface area contributed by atoms with Crippen LogP contribution in [-0.4, -0.2) is 19.0 Å². The molecular formula is C11H12BrFN2O. The van der Waals surface area contributed by atoms with Gasteiger partial charge in [-0.25, -0.2) is 4.39 Å². The van der Waals surface area contributed by atoms with E-state index in [1.807, 2.05) is 0 Å². The molecule has 1 aliphatic rings. The van der Waals surface area contributed by atoms with Gasteiger partial charge in [-0.05, 0) is 46.6 Å². The Morgan fingerprint density at radius 3 is 2.88 bits per heavy atom. The first kappa shape index (κ1) is 11.5. The van der Waals surface area contributed by atoms with Gasteiger partial charge in [-0.15, -0.1) is 0 Å². The van der Waals surface area contributed by atoms with Crippen LogP contribution < -0.4 is 10.6 Å². The normalized spacial score (nSPS) is 20.6. The Morgan fingerprint density at radius 2 is 2.31 bits per heavy atom. The zero-order chi connectivity index (χ0) is 11.7. The van der Waals surface area contributed by atoms with Crippen molar-refractivity contribution in [2.45, 2.75) is 6.42 Å². The number of carbonyl (C=O) groups excluding carboxylic acids is 1. The summed E-state index contributed by atoms with van der Waals surface area (Å²) in [7, 11) is 0. The molecule has 1 heterocycles. The number of nitrogens with two attached hydrogens (primary N) is 1. The summed E-state index contributed by atoms with van der Waals surface area (Å²) in [6, 6.07) is 4.69. The van der Waals surface area contributed by atoms with Crippen molar-refractivity contribution in [2.75, 3.05) is 18.0 Å². The minimum atomic E-state index is -0.360. The molecule has 1 aliphatic heterocycles. The summed E-state index contributed by atoms with van der Waals surface area (Å²) in [6.07, 6.45) is 0.453. The number of rotatable bonds is 2. The maximum absolute atomic E-state index is 13.3. The van der Waals surface area contributed by atoms with Crippen LogP contribution in [0.15, 0.2) is 22.7 Å². The molecule has 1 unspecified atom stereocenters. The predicted octanol–water partition coefficient (Wildman–Crippen LogP) is 1.90. The smallest absolute Gasteiger partial charge is 0.227 e. The van der Waals surface area contributed by atoms with Gasteiger partial charge in [-0.3, -0.25) is 4.79 Å². The number of nitrogens with zero attached hydrogens (tertiary/aromatic N) is 1. The second-order valence-corrected chi connectivity index (χ2v) is 4.76. The minimum Gasteiger partial charge on any atom is -0.330 e. The van der Waals surface area contributed by atoms with E-state index < -0.39 is 0 Å². The third-order valence-corrected chi connectivity index (χ3v) is 3.40. The summed E-state index contributed by atoms with van der Waals surface area (Å²) in [5.41, 5.74) is 6.13. The van der Waals surface area contributed by atoms with Crippen LogP contribution in [0.25, 0.3) is 0 Å². The number of benzene rings is 1. The molecule has 1 atom stereocenters. The summed E-state index contributed by atoms with van der Waals surface area (Å²) in [5, 5.41) is 0. The van der Waals surface area contributed by atoms with E-state index in [1.54, 1.807) is 17.0 Å². The van der Waals surface area contributed by atoms with E-state index in [-0.39, 0.29) is 17.6 Å². The van der Waals surface area contributed by atoms with Crippen LogP contribution in [0.5, 0.6) is 0 Å². The zero-order valence-electron chi connectivity index (χ0n) is 8.62. The maximum Gasteiger partial charge on any atom is 0.227 e. The molecule has 1 saturated heterocycles. The Morgan fingerprint density at radius 1 is 1.56 bits per heavy atom. The molecule has 5 heteroatoms. The Labute approximate surface area is 102 Å². The summed E-state index contributed by atoms with van der Waals surface area (Å²) in [6.45, 7) is 1.07. The molecule has 0 aliphatic carbocycles. The molecule has 16 heavy (non-hydrogen) atoms. The number of carbonyl (C=O) groups is 1. The fraction of sp³-hybridized carbons (Fsp3) is 0.364. The number of halogens is 2. The Balaban J connectivity index is 2.24. The fourth-order valence-corrected chi connectivity index (χ4v) is 2.09. The molecule has 3 nitrogen and oxygen atoms in total. The SMILES string of the molecule is NCC1CC(=O)N(c2ccc(Br)c(F)c2)C1. The zero-order valence-corrected chi connectivity index (χ0v) is 10.2. The Hall–Kier alpha value is -0.940. The largest absolute Gasteiger partial charge is 0.330 e. The molecule has 86 valence electrons. The van der Waals surface area contributed by atoms with Gasteiger partial charge in [0, 0.05) is 18.7 Å². The second-order valence-electron chi connectivity index (χ2n) is 3.91. The van der Waals surface area contributed by atoms with Gasteiger partial charge in [-0.2, -0.15) is 0 Å². The van der Waals surface area contributed by atoms with Gasteiger partial charge in [0.2, 0.25) is 5.91 Å². The van der Waals surface area contributed by atoms with E-state index in [2.05, 4.69) is 15.9 Å². The standard InChI is InChI=1S/C11H12BrFN2O/c12-9-2-1-8(4-10(9)13)15-6-7(5-14)3-11(15)16/h1-2,4,7H,3,5-6,14H2. The Kier molecular flexibility index (Phi) is 3.25. The average Bonchev–Trinajstić information content (AvgIpc) is 2.64.